The second kappa shape index (κ2) is 10.0. The summed E-state index contributed by atoms with van der Waals surface area (Å²) in [6.45, 7) is 0.792. The number of phenols is 5. The van der Waals surface area contributed by atoms with Gasteiger partial charge in [-0.05, 0) is 43.6 Å². The smallest absolute Gasteiger partial charge is 0.291 e. The Balaban J connectivity index is 1.48. The minimum Gasteiger partial charge on any atom is -0.504 e. The van der Waals surface area contributed by atoms with Gasteiger partial charge in [0, 0.05) is 16.6 Å². The molecule has 2 aromatic carbocycles. The van der Waals surface area contributed by atoms with Gasteiger partial charge in [-0.2, -0.15) is 0 Å². The summed E-state index contributed by atoms with van der Waals surface area (Å²) in [6.07, 6.45) is 0.652. The molecule has 0 aliphatic rings. The lowest BCUT2D eigenvalue weighted by atomic mass is 10.1. The first-order valence-corrected chi connectivity index (χ1v) is 10.8. The van der Waals surface area contributed by atoms with E-state index >= 15 is 0 Å². The van der Waals surface area contributed by atoms with Crippen molar-refractivity contribution in [2.75, 3.05) is 24.1 Å². The third kappa shape index (κ3) is 5.23. The monoisotopic (exact) mass is 492 g/mol. The highest BCUT2D eigenvalue weighted by Gasteiger charge is 2.38. The van der Waals surface area contributed by atoms with E-state index in [9.17, 15) is 40.5 Å². The lowest BCUT2D eigenvalue weighted by Gasteiger charge is -2.18. The highest BCUT2D eigenvalue weighted by Crippen LogP contribution is 2.50. The molecule has 0 saturated heterocycles. The molecule has 1 amide bonds. The molecule has 12 nitrogen and oxygen atoms in total. The summed E-state index contributed by atoms with van der Waals surface area (Å²) in [5.41, 5.74) is 6.33. The zero-order valence-corrected chi connectivity index (χ0v) is 18.5. The van der Waals surface area contributed by atoms with Gasteiger partial charge in [-0.1, -0.05) is 12.1 Å². The number of hydrogen-bond donors (Lipinski definition) is 10. The lowest BCUT2D eigenvalue weighted by Crippen LogP contribution is -2.40. The van der Waals surface area contributed by atoms with Crippen molar-refractivity contribution in [2.45, 2.75) is 18.6 Å². The van der Waals surface area contributed by atoms with E-state index in [4.69, 9.17) is 5.73 Å². The van der Waals surface area contributed by atoms with Crippen LogP contribution in [-0.4, -0.2) is 59.7 Å². The van der Waals surface area contributed by atoms with Crippen molar-refractivity contribution in [1.29, 1.82) is 0 Å². The molecule has 0 aliphatic heterocycles. The number of aliphatic hydroxyl groups is 2. The Morgan fingerprint density at radius 3 is 2.03 bits per heavy atom. The molecule has 3 aromatic rings. The Hall–Kier alpha value is -3.78. The maximum Gasteiger partial charge on any atom is 0.291 e. The summed E-state index contributed by atoms with van der Waals surface area (Å²) in [4.78, 5) is 15.9. The molecule has 3 rings (SSSR count). The van der Waals surface area contributed by atoms with Gasteiger partial charge in [0.15, 0.2) is 16.6 Å². The number of nitrogens with one attached hydrogen (secondary N) is 2. The topological polar surface area (TPSA) is 222 Å². The molecule has 11 N–H and O–H groups in total. The molecule has 0 radical (unpaired) electrons. The van der Waals surface area contributed by atoms with Crippen LogP contribution in [0.1, 0.15) is 16.8 Å². The number of phenolic OH excluding ortho intramolecular Hbond substituents is 5. The molecule has 0 spiro atoms. The van der Waals surface area contributed by atoms with Gasteiger partial charge in [0.2, 0.25) is 17.2 Å². The van der Waals surface area contributed by atoms with Crippen molar-refractivity contribution in [3.63, 3.8) is 0 Å². The number of rotatable bonds is 9. The van der Waals surface area contributed by atoms with Crippen molar-refractivity contribution in [3.05, 3.63) is 46.5 Å². The van der Waals surface area contributed by atoms with E-state index in [1.807, 2.05) is 0 Å². The number of aromatic nitrogens is 1. The van der Waals surface area contributed by atoms with Crippen molar-refractivity contribution >= 4 is 28.1 Å². The Labute approximate surface area is 197 Å². The Kier molecular flexibility index (Phi) is 7.32. The maximum atomic E-state index is 12.2. The van der Waals surface area contributed by atoms with Crippen LogP contribution >= 0.6 is 11.3 Å². The van der Waals surface area contributed by atoms with E-state index < -0.39 is 40.4 Å². The standard InChI is InChI=1S/C21H24N4O8S/c22-20-25-13(9-34-20)21(32,33)19(31)24-11-3-1-10(2-4-11)5-7-23-8-6-12-14(26)16(28)18(30)17(29)15(12)27/h1-4,9,23,26-30,32-33H,5-8H2,(H2,22,25)(H,24,31). The van der Waals surface area contributed by atoms with E-state index in [1.54, 1.807) is 24.3 Å². The van der Waals surface area contributed by atoms with Crippen molar-refractivity contribution in [2.24, 2.45) is 0 Å². The van der Waals surface area contributed by atoms with Gasteiger partial charge in [0.05, 0.1) is 0 Å². The minimum absolute atomic E-state index is 0.0682. The first kappa shape index (κ1) is 24.9. The van der Waals surface area contributed by atoms with Crippen LogP contribution in [0.2, 0.25) is 0 Å². The fraction of sp³-hybridized carbons (Fsp3) is 0.238. The molecule has 13 heteroatoms. The number of benzene rings is 2. The number of nitrogen functional groups attached to an aromatic ring is 1. The molecule has 1 heterocycles. The van der Waals surface area contributed by atoms with Crippen LogP contribution in [0, 0.1) is 0 Å². The second-order valence-electron chi connectivity index (χ2n) is 7.37. The molecule has 182 valence electrons. The number of nitrogens with two attached hydrogens (primary N) is 1. The number of carbonyl (C=O) groups is 1. The van der Waals surface area contributed by atoms with Crippen LogP contribution in [-0.2, 0) is 23.4 Å². The summed E-state index contributed by atoms with van der Waals surface area (Å²) in [7, 11) is 0. The van der Waals surface area contributed by atoms with E-state index in [1.165, 1.54) is 5.38 Å². The summed E-state index contributed by atoms with van der Waals surface area (Å²) in [6, 6.07) is 6.66. The average Bonchev–Trinajstić information content (AvgIpc) is 3.26. The predicted molar refractivity (Wildman–Crippen MR) is 123 cm³/mol. The zero-order valence-electron chi connectivity index (χ0n) is 17.7. The van der Waals surface area contributed by atoms with Crippen LogP contribution in [0.5, 0.6) is 28.7 Å². The van der Waals surface area contributed by atoms with E-state index in [-0.39, 0.29) is 29.4 Å². The largest absolute Gasteiger partial charge is 0.504 e. The molecule has 34 heavy (non-hydrogen) atoms. The first-order valence-electron chi connectivity index (χ1n) is 9.97. The van der Waals surface area contributed by atoms with Crippen LogP contribution < -0.4 is 16.4 Å². The molecule has 0 atom stereocenters. The quantitative estimate of drug-likeness (QED) is 0.0852. The van der Waals surface area contributed by atoms with Crippen molar-refractivity contribution < 1.29 is 40.5 Å². The van der Waals surface area contributed by atoms with Gasteiger partial charge in [-0.25, -0.2) is 4.98 Å². The molecular formula is C21H24N4O8S. The highest BCUT2D eigenvalue weighted by atomic mass is 32.1. The minimum atomic E-state index is -2.83. The number of nitrogens with zero attached hydrogens (tertiary/aromatic N) is 1. The normalized spacial score (nSPS) is 11.5. The van der Waals surface area contributed by atoms with E-state index in [2.05, 4.69) is 15.6 Å². The second-order valence-corrected chi connectivity index (χ2v) is 8.26. The Morgan fingerprint density at radius 2 is 1.47 bits per heavy atom. The molecule has 0 fully saturated rings. The summed E-state index contributed by atoms with van der Waals surface area (Å²) < 4.78 is 0. The van der Waals surface area contributed by atoms with Gasteiger partial charge in [0.1, 0.15) is 5.69 Å². The number of anilines is 2. The highest BCUT2D eigenvalue weighted by molar-refractivity contribution is 7.13. The molecule has 0 aliphatic carbocycles. The van der Waals surface area contributed by atoms with Crippen molar-refractivity contribution in [3.8, 4) is 28.7 Å². The number of amides is 1. The number of carbonyl (C=O) groups excluding carboxylic acids is 1. The third-order valence-corrected chi connectivity index (χ3v) is 5.69. The van der Waals surface area contributed by atoms with Gasteiger partial charge < -0.3 is 52.1 Å². The van der Waals surface area contributed by atoms with Gasteiger partial charge in [0.25, 0.3) is 11.7 Å². The van der Waals surface area contributed by atoms with Gasteiger partial charge in [-0.15, -0.1) is 11.3 Å². The van der Waals surface area contributed by atoms with Gasteiger partial charge in [-0.3, -0.25) is 4.79 Å². The fourth-order valence-corrected chi connectivity index (χ4v) is 3.68. The van der Waals surface area contributed by atoms with E-state index in [0.29, 0.717) is 18.7 Å². The maximum absolute atomic E-state index is 12.2. The molecule has 0 unspecified atom stereocenters. The number of aromatic hydroxyl groups is 5. The van der Waals surface area contributed by atoms with Gasteiger partial charge >= 0.3 is 0 Å². The van der Waals surface area contributed by atoms with Crippen LogP contribution in [0.3, 0.4) is 0 Å². The Morgan fingerprint density at radius 1 is 0.912 bits per heavy atom. The summed E-state index contributed by atoms with van der Waals surface area (Å²) in [5, 5.41) is 75.2. The molecule has 0 bridgehead atoms. The number of thiazole rings is 1. The van der Waals surface area contributed by atoms with Crippen LogP contribution in [0.15, 0.2) is 29.6 Å². The number of hydrogen-bond acceptors (Lipinski definition) is 12. The fourth-order valence-electron chi connectivity index (χ4n) is 3.08. The van der Waals surface area contributed by atoms with E-state index in [0.717, 1.165) is 16.9 Å². The predicted octanol–water partition coefficient (Wildman–Crippen LogP) is 0.404. The first-order chi connectivity index (χ1) is 16.0. The third-order valence-electron chi connectivity index (χ3n) is 5.02. The SMILES string of the molecule is Nc1nc(C(O)(O)C(=O)Nc2ccc(CCNCCc3c(O)c(O)c(O)c(O)c3O)cc2)cs1. The molecule has 1 aromatic heterocycles. The van der Waals surface area contributed by atoms with Crippen LogP contribution in [0.4, 0.5) is 10.8 Å². The lowest BCUT2D eigenvalue weighted by molar-refractivity contribution is -0.185. The zero-order chi connectivity index (χ0) is 25.0. The van der Waals surface area contributed by atoms with Crippen LogP contribution in [0.25, 0.3) is 0 Å². The summed E-state index contributed by atoms with van der Waals surface area (Å²) >= 11 is 0.973. The molecule has 0 saturated carbocycles. The summed E-state index contributed by atoms with van der Waals surface area (Å²) in [5.74, 6) is -8.14. The Bertz CT molecular complexity index is 1150. The average molecular weight is 493 g/mol. The van der Waals surface area contributed by atoms with Crippen molar-refractivity contribution in [1.82, 2.24) is 10.3 Å². The molecular weight excluding hydrogens is 468 g/mol.